The molecule has 0 aliphatic carbocycles. The third kappa shape index (κ3) is 7.33. The van der Waals surface area contributed by atoms with Gasteiger partial charge in [-0.2, -0.15) is 0 Å². The fourth-order valence-electron chi connectivity index (χ4n) is 0.859. The van der Waals surface area contributed by atoms with Crippen molar-refractivity contribution < 1.29 is 14.3 Å². The summed E-state index contributed by atoms with van der Waals surface area (Å²) < 4.78 is 10.4. The Hall–Kier alpha value is -0.610. The van der Waals surface area contributed by atoms with Crippen LogP contribution >= 0.6 is 0 Å². The molecule has 0 fully saturated rings. The zero-order chi connectivity index (χ0) is 12.1. The molecular formula is C11H23NO3. The minimum absolute atomic E-state index is 0.0982. The molecule has 0 aliphatic rings. The number of hydrogen-bond donors (Lipinski definition) is 1. The fourth-order valence-corrected chi connectivity index (χ4v) is 0.859. The van der Waals surface area contributed by atoms with Crippen LogP contribution in [0, 0.1) is 5.92 Å². The zero-order valence-electron chi connectivity index (χ0n) is 10.4. The number of ether oxygens (including phenoxy) is 2. The minimum atomic E-state index is -0.542. The van der Waals surface area contributed by atoms with E-state index in [1.807, 2.05) is 34.6 Å². The van der Waals surface area contributed by atoms with Crippen molar-refractivity contribution in [3.05, 3.63) is 0 Å². The summed E-state index contributed by atoms with van der Waals surface area (Å²) in [5.74, 6) is -0.261. The van der Waals surface area contributed by atoms with Crippen molar-refractivity contribution in [2.45, 2.75) is 46.3 Å². The second kappa shape index (κ2) is 6.08. The maximum Gasteiger partial charge on any atom is 0.323 e. The van der Waals surface area contributed by atoms with Gasteiger partial charge in [-0.25, -0.2) is 0 Å². The molecule has 0 amide bonds. The van der Waals surface area contributed by atoms with Crippen molar-refractivity contribution >= 4 is 5.97 Å². The SMILES string of the molecule is CC(C)[C@@H](N)C(=O)OCCOC(C)(C)C. The lowest BCUT2D eigenvalue weighted by Crippen LogP contribution is -2.37. The normalized spacial score (nSPS) is 14.1. The Morgan fingerprint density at radius 2 is 1.80 bits per heavy atom. The van der Waals surface area contributed by atoms with Crippen molar-refractivity contribution in [2.75, 3.05) is 13.2 Å². The molecule has 0 bridgehead atoms. The monoisotopic (exact) mass is 217 g/mol. The third-order valence-corrected chi connectivity index (χ3v) is 1.85. The van der Waals surface area contributed by atoms with Gasteiger partial charge in [0.05, 0.1) is 12.2 Å². The lowest BCUT2D eigenvalue weighted by atomic mass is 10.1. The average molecular weight is 217 g/mol. The van der Waals surface area contributed by atoms with Gasteiger partial charge in [0.2, 0.25) is 0 Å². The van der Waals surface area contributed by atoms with Gasteiger partial charge in [-0.05, 0) is 26.7 Å². The van der Waals surface area contributed by atoms with Crippen molar-refractivity contribution in [2.24, 2.45) is 11.7 Å². The summed E-state index contributed by atoms with van der Waals surface area (Å²) >= 11 is 0. The summed E-state index contributed by atoms with van der Waals surface area (Å²) in [5, 5.41) is 0. The van der Waals surface area contributed by atoms with Gasteiger partial charge in [-0.3, -0.25) is 4.79 Å². The molecule has 0 aromatic heterocycles. The summed E-state index contributed by atoms with van der Waals surface area (Å²) in [6, 6.07) is -0.542. The van der Waals surface area contributed by atoms with Crippen LogP contribution in [0.1, 0.15) is 34.6 Å². The number of hydrogen-bond acceptors (Lipinski definition) is 4. The van der Waals surface area contributed by atoms with Crippen LogP contribution in [0.3, 0.4) is 0 Å². The first-order valence-electron chi connectivity index (χ1n) is 5.30. The predicted octanol–water partition coefficient (Wildman–Crippen LogP) is 1.33. The Morgan fingerprint density at radius 3 is 2.20 bits per heavy atom. The predicted molar refractivity (Wildman–Crippen MR) is 59.5 cm³/mol. The molecule has 0 saturated carbocycles. The maximum atomic E-state index is 11.3. The highest BCUT2D eigenvalue weighted by molar-refractivity contribution is 5.75. The summed E-state index contributed by atoms with van der Waals surface area (Å²) in [6.07, 6.45) is 0. The molecule has 0 aromatic rings. The van der Waals surface area contributed by atoms with Crippen LogP contribution in [0.4, 0.5) is 0 Å². The van der Waals surface area contributed by atoms with Crippen LogP contribution in [0.5, 0.6) is 0 Å². The first-order chi connectivity index (χ1) is 6.74. The van der Waals surface area contributed by atoms with Crippen LogP contribution < -0.4 is 5.73 Å². The van der Waals surface area contributed by atoms with Gasteiger partial charge in [-0.1, -0.05) is 13.8 Å². The van der Waals surface area contributed by atoms with E-state index in [-0.39, 0.29) is 24.1 Å². The highest BCUT2D eigenvalue weighted by atomic mass is 16.6. The molecule has 0 aromatic carbocycles. The number of carbonyl (C=O) groups is 1. The first kappa shape index (κ1) is 14.4. The first-order valence-corrected chi connectivity index (χ1v) is 5.30. The molecule has 2 N–H and O–H groups in total. The standard InChI is InChI=1S/C11H23NO3/c1-8(2)9(12)10(13)14-6-7-15-11(3,4)5/h8-9H,6-7,12H2,1-5H3/t9-/m1/s1. The van der Waals surface area contributed by atoms with Crippen molar-refractivity contribution in [3.8, 4) is 0 Å². The topological polar surface area (TPSA) is 61.6 Å². The molecular weight excluding hydrogens is 194 g/mol. The Kier molecular flexibility index (Phi) is 5.83. The molecule has 0 saturated heterocycles. The molecule has 4 heteroatoms. The van der Waals surface area contributed by atoms with Crippen LogP contribution in [0.2, 0.25) is 0 Å². The van der Waals surface area contributed by atoms with Crippen LogP contribution in [-0.4, -0.2) is 30.8 Å². The third-order valence-electron chi connectivity index (χ3n) is 1.85. The molecule has 0 heterocycles. The van der Waals surface area contributed by atoms with Gasteiger partial charge in [0.1, 0.15) is 12.6 Å². The second-order valence-corrected chi connectivity index (χ2v) is 4.90. The van der Waals surface area contributed by atoms with Crippen LogP contribution in [0.15, 0.2) is 0 Å². The maximum absolute atomic E-state index is 11.3. The number of rotatable bonds is 5. The van der Waals surface area contributed by atoms with Gasteiger partial charge < -0.3 is 15.2 Å². The van der Waals surface area contributed by atoms with E-state index < -0.39 is 6.04 Å². The van der Waals surface area contributed by atoms with E-state index in [0.29, 0.717) is 6.61 Å². The second-order valence-electron chi connectivity index (χ2n) is 4.90. The Morgan fingerprint density at radius 1 is 1.27 bits per heavy atom. The van der Waals surface area contributed by atoms with Crippen molar-refractivity contribution in [3.63, 3.8) is 0 Å². The summed E-state index contributed by atoms with van der Waals surface area (Å²) in [7, 11) is 0. The summed E-state index contributed by atoms with van der Waals surface area (Å²) in [5.41, 5.74) is 5.41. The Balaban J connectivity index is 3.65. The molecule has 0 unspecified atom stereocenters. The van der Waals surface area contributed by atoms with E-state index in [2.05, 4.69) is 0 Å². The largest absolute Gasteiger partial charge is 0.462 e. The van der Waals surface area contributed by atoms with Crippen molar-refractivity contribution in [1.82, 2.24) is 0 Å². The lowest BCUT2D eigenvalue weighted by Gasteiger charge is -2.20. The van der Waals surface area contributed by atoms with E-state index >= 15 is 0 Å². The fraction of sp³-hybridized carbons (Fsp3) is 0.909. The Labute approximate surface area is 92.1 Å². The van der Waals surface area contributed by atoms with Gasteiger partial charge >= 0.3 is 5.97 Å². The molecule has 15 heavy (non-hydrogen) atoms. The van der Waals surface area contributed by atoms with Gasteiger partial charge in [-0.15, -0.1) is 0 Å². The number of esters is 1. The number of nitrogens with two attached hydrogens (primary N) is 1. The Bertz CT molecular complexity index is 196. The molecule has 0 rings (SSSR count). The zero-order valence-corrected chi connectivity index (χ0v) is 10.4. The summed E-state index contributed by atoms with van der Waals surface area (Å²) in [6.45, 7) is 10.3. The van der Waals surface area contributed by atoms with Gasteiger partial charge in [0, 0.05) is 0 Å². The quantitative estimate of drug-likeness (QED) is 0.557. The molecule has 90 valence electrons. The average Bonchev–Trinajstić information content (AvgIpc) is 2.09. The minimum Gasteiger partial charge on any atom is -0.462 e. The molecule has 1 atom stereocenters. The van der Waals surface area contributed by atoms with Crippen molar-refractivity contribution in [1.29, 1.82) is 0 Å². The smallest absolute Gasteiger partial charge is 0.323 e. The van der Waals surface area contributed by atoms with Gasteiger partial charge in [0.15, 0.2) is 0 Å². The van der Waals surface area contributed by atoms with E-state index in [0.717, 1.165) is 0 Å². The van der Waals surface area contributed by atoms with Gasteiger partial charge in [0.25, 0.3) is 0 Å². The van der Waals surface area contributed by atoms with E-state index in [4.69, 9.17) is 15.2 Å². The van der Waals surface area contributed by atoms with E-state index in [9.17, 15) is 4.79 Å². The van der Waals surface area contributed by atoms with E-state index in [1.54, 1.807) is 0 Å². The highest BCUT2D eigenvalue weighted by Crippen LogP contribution is 2.06. The van der Waals surface area contributed by atoms with E-state index in [1.165, 1.54) is 0 Å². The molecule has 0 aliphatic heterocycles. The highest BCUT2D eigenvalue weighted by Gasteiger charge is 2.18. The van der Waals surface area contributed by atoms with Crippen LogP contribution in [-0.2, 0) is 14.3 Å². The molecule has 0 radical (unpaired) electrons. The van der Waals surface area contributed by atoms with Crippen LogP contribution in [0.25, 0.3) is 0 Å². The molecule has 0 spiro atoms. The molecule has 4 nitrogen and oxygen atoms in total. The lowest BCUT2D eigenvalue weighted by molar-refractivity contribution is -0.149. The summed E-state index contributed by atoms with van der Waals surface area (Å²) in [4.78, 5) is 11.3. The number of carbonyl (C=O) groups excluding carboxylic acids is 1.